The lowest BCUT2D eigenvalue weighted by Crippen LogP contribution is -2.50. The lowest BCUT2D eigenvalue weighted by atomic mass is 9.78. The highest BCUT2D eigenvalue weighted by atomic mass is 16.6. The lowest BCUT2D eigenvalue weighted by molar-refractivity contribution is -0.385. The van der Waals surface area contributed by atoms with Gasteiger partial charge in [0.05, 0.1) is 10.5 Å². The maximum absolute atomic E-state index is 12.6. The van der Waals surface area contributed by atoms with E-state index in [2.05, 4.69) is 0 Å². The normalized spacial score (nSPS) is 22.4. The van der Waals surface area contributed by atoms with Gasteiger partial charge in [0.15, 0.2) is 6.61 Å². The van der Waals surface area contributed by atoms with E-state index in [1.54, 1.807) is 0 Å². The van der Waals surface area contributed by atoms with Gasteiger partial charge in [-0.1, -0.05) is 18.9 Å². The molecule has 1 heterocycles. The van der Waals surface area contributed by atoms with Crippen LogP contribution in [0.4, 0.5) is 5.69 Å². The van der Waals surface area contributed by atoms with Crippen molar-refractivity contribution >= 4 is 17.6 Å². The topological polar surface area (TPSA) is 89.8 Å². The van der Waals surface area contributed by atoms with E-state index in [-0.39, 0.29) is 35.4 Å². The zero-order valence-corrected chi connectivity index (χ0v) is 15.0. The minimum Gasteiger partial charge on any atom is -0.452 e. The number of nitrogens with zero attached hydrogens (tertiary/aromatic N) is 2. The number of carbonyl (C=O) groups excluding carboxylic acids is 2. The number of carbonyl (C=O) groups is 2. The van der Waals surface area contributed by atoms with Crippen LogP contribution in [0, 0.1) is 23.0 Å². The second-order valence-electron chi connectivity index (χ2n) is 7.12. The number of hydrogen-bond donors (Lipinski definition) is 0. The zero-order chi connectivity index (χ0) is 18.7. The first-order chi connectivity index (χ1) is 12.5. The van der Waals surface area contributed by atoms with Crippen molar-refractivity contribution in [2.75, 3.05) is 13.2 Å². The first-order valence-electron chi connectivity index (χ1n) is 9.19. The zero-order valence-electron chi connectivity index (χ0n) is 15.0. The molecular weight excluding hydrogens is 336 g/mol. The number of nitro groups is 1. The molecule has 0 N–H and O–H groups in total. The summed E-state index contributed by atoms with van der Waals surface area (Å²) in [5.74, 6) is -0.300. The third-order valence-electron chi connectivity index (χ3n) is 5.61. The molecule has 0 spiro atoms. The van der Waals surface area contributed by atoms with Crippen molar-refractivity contribution in [2.45, 2.75) is 51.5 Å². The quantitative estimate of drug-likeness (QED) is 0.467. The highest BCUT2D eigenvalue weighted by molar-refractivity contribution is 5.93. The van der Waals surface area contributed by atoms with Gasteiger partial charge >= 0.3 is 5.97 Å². The Morgan fingerprint density at radius 1 is 1.23 bits per heavy atom. The molecule has 2 atom stereocenters. The molecule has 0 bridgehead atoms. The molecule has 0 radical (unpaired) electrons. The number of piperidine rings is 1. The summed E-state index contributed by atoms with van der Waals surface area (Å²) in [5, 5.41) is 11.0. The van der Waals surface area contributed by atoms with Gasteiger partial charge in [0.2, 0.25) is 0 Å². The van der Waals surface area contributed by atoms with Crippen molar-refractivity contribution in [3.8, 4) is 0 Å². The first kappa shape index (κ1) is 18.4. The maximum atomic E-state index is 12.6. The minimum atomic E-state index is -0.697. The number of benzene rings is 1. The minimum absolute atomic E-state index is 0.126. The molecule has 1 saturated heterocycles. The van der Waals surface area contributed by atoms with E-state index in [9.17, 15) is 19.7 Å². The third-order valence-corrected chi connectivity index (χ3v) is 5.61. The average molecular weight is 360 g/mol. The summed E-state index contributed by atoms with van der Waals surface area (Å²) in [5.41, 5.74) is 0.244. The van der Waals surface area contributed by atoms with Gasteiger partial charge in [-0.3, -0.25) is 14.9 Å². The van der Waals surface area contributed by atoms with Crippen molar-refractivity contribution in [3.63, 3.8) is 0 Å². The molecule has 1 aromatic rings. The second kappa shape index (κ2) is 7.85. The van der Waals surface area contributed by atoms with Crippen molar-refractivity contribution in [3.05, 3.63) is 39.4 Å². The van der Waals surface area contributed by atoms with Gasteiger partial charge in [-0.2, -0.15) is 0 Å². The molecule has 7 nitrogen and oxygen atoms in total. The largest absolute Gasteiger partial charge is 0.452 e. The van der Waals surface area contributed by atoms with Crippen LogP contribution in [-0.4, -0.2) is 40.9 Å². The molecule has 1 aliphatic heterocycles. The summed E-state index contributed by atoms with van der Waals surface area (Å²) in [7, 11) is 0. The van der Waals surface area contributed by atoms with E-state index in [0.717, 1.165) is 19.3 Å². The predicted octanol–water partition coefficient (Wildman–Crippen LogP) is 3.24. The molecule has 0 unspecified atom stereocenters. The van der Waals surface area contributed by atoms with Gasteiger partial charge in [-0.05, 0) is 44.6 Å². The first-order valence-corrected chi connectivity index (χ1v) is 9.19. The Labute approximate surface area is 152 Å². The van der Waals surface area contributed by atoms with Crippen LogP contribution in [0.2, 0.25) is 0 Å². The summed E-state index contributed by atoms with van der Waals surface area (Å²) in [6.45, 7) is 1.91. The Kier molecular flexibility index (Phi) is 5.54. The van der Waals surface area contributed by atoms with Crippen LogP contribution in [0.15, 0.2) is 18.2 Å². The molecule has 1 aromatic carbocycles. The van der Waals surface area contributed by atoms with Crippen molar-refractivity contribution < 1.29 is 19.2 Å². The number of nitro benzene ring substituents is 1. The standard InChI is InChI=1S/C19H24N2O5/c1-13-15(8-4-10-16(13)21(24)25)19(23)26-12-18(22)20-11-5-7-14-6-2-3-9-17(14)20/h4,8,10,14,17H,2-3,5-7,9,11-12H2,1H3/t14-,17+/m1/s1. The predicted molar refractivity (Wildman–Crippen MR) is 94.8 cm³/mol. The SMILES string of the molecule is Cc1c(C(=O)OCC(=O)N2CCC[C@H]3CCCC[C@@H]32)cccc1[N+](=O)[O-]. The van der Waals surface area contributed by atoms with Crippen LogP contribution in [0.1, 0.15) is 54.4 Å². The lowest BCUT2D eigenvalue weighted by Gasteiger charge is -2.44. The molecule has 3 rings (SSSR count). The molecule has 1 amide bonds. The number of rotatable bonds is 4. The molecule has 1 aliphatic carbocycles. The summed E-state index contributed by atoms with van der Waals surface area (Å²) in [6, 6.07) is 4.53. The smallest absolute Gasteiger partial charge is 0.339 e. The van der Waals surface area contributed by atoms with Gasteiger partial charge < -0.3 is 9.64 Å². The summed E-state index contributed by atoms with van der Waals surface area (Å²) in [6.07, 6.45) is 6.71. The Hall–Kier alpha value is -2.44. The van der Waals surface area contributed by atoms with Gasteiger partial charge in [0.1, 0.15) is 0 Å². The Bertz CT molecular complexity index is 716. The van der Waals surface area contributed by atoms with E-state index < -0.39 is 10.9 Å². The molecule has 7 heteroatoms. The number of amides is 1. The van der Waals surface area contributed by atoms with Crippen LogP contribution < -0.4 is 0 Å². The fraction of sp³-hybridized carbons (Fsp3) is 0.579. The van der Waals surface area contributed by atoms with E-state index in [4.69, 9.17) is 4.74 Å². The summed E-state index contributed by atoms with van der Waals surface area (Å²) >= 11 is 0. The monoisotopic (exact) mass is 360 g/mol. The second-order valence-corrected chi connectivity index (χ2v) is 7.12. The van der Waals surface area contributed by atoms with Gasteiger partial charge in [-0.25, -0.2) is 4.79 Å². The summed E-state index contributed by atoms with van der Waals surface area (Å²) < 4.78 is 5.19. The fourth-order valence-corrected chi connectivity index (χ4v) is 4.26. The van der Waals surface area contributed by atoms with Crippen LogP contribution in [0.3, 0.4) is 0 Å². The molecular formula is C19H24N2O5. The highest BCUT2D eigenvalue weighted by Gasteiger charge is 2.35. The summed E-state index contributed by atoms with van der Waals surface area (Å²) in [4.78, 5) is 37.2. The highest BCUT2D eigenvalue weighted by Crippen LogP contribution is 2.35. The molecule has 26 heavy (non-hydrogen) atoms. The molecule has 140 valence electrons. The van der Waals surface area contributed by atoms with Crippen molar-refractivity contribution in [1.82, 2.24) is 4.90 Å². The Morgan fingerprint density at radius 2 is 1.96 bits per heavy atom. The number of esters is 1. The van der Waals surface area contributed by atoms with Crippen LogP contribution in [-0.2, 0) is 9.53 Å². The fourth-order valence-electron chi connectivity index (χ4n) is 4.26. The average Bonchev–Trinajstić information content (AvgIpc) is 2.65. The maximum Gasteiger partial charge on any atom is 0.339 e. The molecule has 0 aromatic heterocycles. The van der Waals surface area contributed by atoms with Gasteiger partial charge in [-0.15, -0.1) is 0 Å². The number of likely N-dealkylation sites (tertiary alicyclic amines) is 1. The molecule has 1 saturated carbocycles. The third kappa shape index (κ3) is 3.71. The van der Waals surface area contributed by atoms with Crippen LogP contribution in [0.5, 0.6) is 0 Å². The van der Waals surface area contributed by atoms with Crippen LogP contribution in [0.25, 0.3) is 0 Å². The van der Waals surface area contributed by atoms with E-state index in [1.165, 1.54) is 44.4 Å². The number of ether oxygens (including phenoxy) is 1. The van der Waals surface area contributed by atoms with Gasteiger partial charge in [0.25, 0.3) is 11.6 Å². The Morgan fingerprint density at radius 3 is 2.73 bits per heavy atom. The van der Waals surface area contributed by atoms with Gasteiger partial charge in [0, 0.05) is 24.2 Å². The molecule has 2 fully saturated rings. The number of hydrogen-bond acceptors (Lipinski definition) is 5. The van der Waals surface area contributed by atoms with Crippen molar-refractivity contribution in [2.24, 2.45) is 5.92 Å². The van der Waals surface area contributed by atoms with E-state index in [1.807, 2.05) is 4.90 Å². The van der Waals surface area contributed by atoms with E-state index >= 15 is 0 Å². The molecule has 2 aliphatic rings. The Balaban J connectivity index is 1.63. The van der Waals surface area contributed by atoms with Crippen molar-refractivity contribution in [1.29, 1.82) is 0 Å². The number of fused-ring (bicyclic) bond motifs is 1. The van der Waals surface area contributed by atoms with E-state index in [0.29, 0.717) is 12.5 Å². The van der Waals surface area contributed by atoms with Crippen LogP contribution >= 0.6 is 0 Å².